The zero-order valence-electron chi connectivity index (χ0n) is 8.70. The Morgan fingerprint density at radius 3 is 2.47 bits per heavy atom. The summed E-state index contributed by atoms with van der Waals surface area (Å²) in [4.78, 5) is 11.4. The van der Waals surface area contributed by atoms with E-state index in [2.05, 4.69) is 6.07 Å². The molecule has 78 valence electrons. The Morgan fingerprint density at radius 1 is 1.27 bits per heavy atom. The number of carbonyl (C=O) groups excluding carboxylic acids is 1. The summed E-state index contributed by atoms with van der Waals surface area (Å²) in [6.45, 7) is 0. The van der Waals surface area contributed by atoms with Crippen molar-refractivity contribution in [1.29, 1.82) is 0 Å². The number of carbonyl (C=O) groups is 1. The molecule has 0 aliphatic heterocycles. The zero-order chi connectivity index (χ0) is 10.5. The second kappa shape index (κ2) is 2.84. The van der Waals surface area contributed by atoms with Crippen LogP contribution in [0.4, 0.5) is 0 Å². The smallest absolute Gasteiger partial charge is 0.248 e. The van der Waals surface area contributed by atoms with Gasteiger partial charge in [-0.15, -0.1) is 0 Å². The number of amides is 1. The molecule has 0 spiro atoms. The molecule has 2 fully saturated rings. The lowest BCUT2D eigenvalue weighted by Gasteiger charge is -2.17. The summed E-state index contributed by atoms with van der Waals surface area (Å²) in [6, 6.07) is 7.86. The highest BCUT2D eigenvalue weighted by Gasteiger charge is 2.55. The van der Waals surface area contributed by atoms with Crippen molar-refractivity contribution >= 4 is 5.91 Å². The lowest BCUT2D eigenvalue weighted by Crippen LogP contribution is -2.19. The van der Waals surface area contributed by atoms with Crippen molar-refractivity contribution < 1.29 is 4.79 Å². The molecule has 0 bridgehead atoms. The maximum atomic E-state index is 11.4. The van der Waals surface area contributed by atoms with Gasteiger partial charge in [0.1, 0.15) is 0 Å². The minimum absolute atomic E-state index is 0.280. The fraction of sp³-hybridized carbons (Fsp3) is 0.462. The summed E-state index contributed by atoms with van der Waals surface area (Å²) in [7, 11) is 0. The Hall–Kier alpha value is -1.31. The van der Waals surface area contributed by atoms with Crippen molar-refractivity contribution in [3.05, 3.63) is 35.4 Å². The number of hydrogen-bond acceptors (Lipinski definition) is 1. The van der Waals surface area contributed by atoms with Crippen LogP contribution in [-0.2, 0) is 5.41 Å². The SMILES string of the molecule is NC(=O)c1ccccc1C1(C2CC2)CC1. The molecule has 0 heterocycles. The molecule has 1 aromatic rings. The molecule has 2 saturated carbocycles. The molecule has 0 unspecified atom stereocenters. The van der Waals surface area contributed by atoms with Crippen LogP contribution in [0.25, 0.3) is 0 Å². The first-order chi connectivity index (χ1) is 7.24. The largest absolute Gasteiger partial charge is 0.366 e. The van der Waals surface area contributed by atoms with Crippen LogP contribution in [0.2, 0.25) is 0 Å². The molecular weight excluding hydrogens is 186 g/mol. The summed E-state index contributed by atoms with van der Waals surface area (Å²) in [5.41, 5.74) is 7.69. The molecule has 1 aromatic carbocycles. The van der Waals surface area contributed by atoms with Crippen LogP contribution in [0, 0.1) is 5.92 Å². The highest BCUT2D eigenvalue weighted by atomic mass is 16.1. The Morgan fingerprint density at radius 2 is 1.93 bits per heavy atom. The van der Waals surface area contributed by atoms with Gasteiger partial charge >= 0.3 is 0 Å². The molecule has 0 atom stereocenters. The Bertz CT molecular complexity index is 416. The van der Waals surface area contributed by atoms with E-state index in [1.165, 1.54) is 31.2 Å². The molecule has 15 heavy (non-hydrogen) atoms. The molecule has 2 aliphatic rings. The standard InChI is InChI=1S/C13H15NO/c14-12(15)10-3-1-2-4-11(10)13(7-8-13)9-5-6-9/h1-4,9H,5-8H2,(H2,14,15). The fourth-order valence-corrected chi connectivity index (χ4v) is 2.80. The van der Waals surface area contributed by atoms with E-state index in [4.69, 9.17) is 5.73 Å². The molecule has 2 N–H and O–H groups in total. The summed E-state index contributed by atoms with van der Waals surface area (Å²) >= 11 is 0. The minimum Gasteiger partial charge on any atom is -0.366 e. The molecular formula is C13H15NO. The molecule has 0 radical (unpaired) electrons. The Balaban J connectivity index is 2.07. The van der Waals surface area contributed by atoms with Crippen LogP contribution < -0.4 is 5.73 Å². The molecule has 0 aromatic heterocycles. The zero-order valence-corrected chi connectivity index (χ0v) is 8.70. The third-order valence-electron chi connectivity index (χ3n) is 3.88. The van der Waals surface area contributed by atoms with E-state index >= 15 is 0 Å². The van der Waals surface area contributed by atoms with E-state index in [9.17, 15) is 4.79 Å². The molecule has 2 heteroatoms. The quantitative estimate of drug-likeness (QED) is 0.800. The van der Waals surface area contributed by atoms with Crippen LogP contribution in [0.1, 0.15) is 41.6 Å². The summed E-state index contributed by atoms with van der Waals surface area (Å²) in [6.07, 6.45) is 5.13. The topological polar surface area (TPSA) is 43.1 Å². The maximum absolute atomic E-state index is 11.4. The first kappa shape index (κ1) is 8.96. The average molecular weight is 201 g/mol. The summed E-state index contributed by atoms with van der Waals surface area (Å²) in [5.74, 6) is 0.538. The fourth-order valence-electron chi connectivity index (χ4n) is 2.80. The van der Waals surface area contributed by atoms with Crippen LogP contribution in [0.5, 0.6) is 0 Å². The lowest BCUT2D eigenvalue weighted by atomic mass is 9.87. The molecule has 2 aliphatic carbocycles. The third-order valence-corrected chi connectivity index (χ3v) is 3.88. The van der Waals surface area contributed by atoms with E-state index in [1.54, 1.807) is 0 Å². The van der Waals surface area contributed by atoms with Crippen molar-refractivity contribution in [1.82, 2.24) is 0 Å². The monoisotopic (exact) mass is 201 g/mol. The van der Waals surface area contributed by atoms with Gasteiger partial charge in [-0.25, -0.2) is 0 Å². The van der Waals surface area contributed by atoms with Gasteiger partial charge in [0.15, 0.2) is 0 Å². The summed E-state index contributed by atoms with van der Waals surface area (Å²) in [5, 5.41) is 0. The highest BCUT2D eigenvalue weighted by Crippen LogP contribution is 2.62. The van der Waals surface area contributed by atoms with Crippen molar-refractivity contribution in [2.24, 2.45) is 11.7 Å². The van der Waals surface area contributed by atoms with Crippen LogP contribution in [0.3, 0.4) is 0 Å². The average Bonchev–Trinajstić information content (AvgIpc) is 3.09. The van der Waals surface area contributed by atoms with Crippen molar-refractivity contribution in [2.45, 2.75) is 31.1 Å². The van der Waals surface area contributed by atoms with E-state index in [0.29, 0.717) is 5.41 Å². The van der Waals surface area contributed by atoms with Gasteiger partial charge in [-0.2, -0.15) is 0 Å². The number of benzene rings is 1. The molecule has 2 nitrogen and oxygen atoms in total. The Kier molecular flexibility index (Phi) is 1.70. The van der Waals surface area contributed by atoms with Gasteiger partial charge < -0.3 is 5.73 Å². The molecule has 1 amide bonds. The number of nitrogens with two attached hydrogens (primary N) is 1. The van der Waals surface area contributed by atoms with Crippen LogP contribution >= 0.6 is 0 Å². The van der Waals surface area contributed by atoms with Gasteiger partial charge in [-0.05, 0) is 48.6 Å². The Labute approximate surface area is 89.5 Å². The predicted octanol–water partition coefficient (Wildman–Crippen LogP) is 2.23. The van der Waals surface area contributed by atoms with E-state index in [-0.39, 0.29) is 5.91 Å². The van der Waals surface area contributed by atoms with Crippen molar-refractivity contribution in [3.8, 4) is 0 Å². The minimum atomic E-state index is -0.280. The van der Waals surface area contributed by atoms with Crippen molar-refractivity contribution in [3.63, 3.8) is 0 Å². The number of rotatable bonds is 3. The first-order valence-corrected chi connectivity index (χ1v) is 5.63. The van der Waals surface area contributed by atoms with Gasteiger partial charge in [-0.1, -0.05) is 18.2 Å². The summed E-state index contributed by atoms with van der Waals surface area (Å²) < 4.78 is 0. The molecule has 3 rings (SSSR count). The predicted molar refractivity (Wildman–Crippen MR) is 58.6 cm³/mol. The third kappa shape index (κ3) is 1.28. The number of primary amides is 1. The van der Waals surface area contributed by atoms with Gasteiger partial charge in [0.25, 0.3) is 0 Å². The van der Waals surface area contributed by atoms with Crippen LogP contribution in [0.15, 0.2) is 24.3 Å². The maximum Gasteiger partial charge on any atom is 0.248 e. The van der Waals surface area contributed by atoms with E-state index in [1.807, 2.05) is 18.2 Å². The second-order valence-electron chi connectivity index (χ2n) is 4.84. The normalized spacial score (nSPS) is 22.4. The van der Waals surface area contributed by atoms with Gasteiger partial charge in [0.2, 0.25) is 5.91 Å². The lowest BCUT2D eigenvalue weighted by molar-refractivity contribution is 0.0998. The van der Waals surface area contributed by atoms with E-state index in [0.717, 1.165) is 11.5 Å². The van der Waals surface area contributed by atoms with Crippen molar-refractivity contribution in [2.75, 3.05) is 0 Å². The van der Waals surface area contributed by atoms with E-state index < -0.39 is 0 Å². The van der Waals surface area contributed by atoms with Gasteiger partial charge in [0.05, 0.1) is 0 Å². The molecule has 0 saturated heterocycles. The number of hydrogen-bond donors (Lipinski definition) is 1. The van der Waals surface area contributed by atoms with Gasteiger partial charge in [0, 0.05) is 5.56 Å². The highest BCUT2D eigenvalue weighted by molar-refractivity contribution is 5.95. The first-order valence-electron chi connectivity index (χ1n) is 5.63. The van der Waals surface area contributed by atoms with Crippen LogP contribution in [-0.4, -0.2) is 5.91 Å². The van der Waals surface area contributed by atoms with Gasteiger partial charge in [-0.3, -0.25) is 4.79 Å². The second-order valence-corrected chi connectivity index (χ2v) is 4.84.